The van der Waals surface area contributed by atoms with E-state index < -0.39 is 0 Å². The standard InChI is InChI=1S/C13H12ClF/c1-9-7-11(14)4-2-3-10-8-12(15)5-6-13(9)10/h5-8H,1-4H2/b11-7+. The molecule has 0 unspecified atom stereocenters. The lowest BCUT2D eigenvalue weighted by Gasteiger charge is -2.13. The molecule has 0 aliphatic heterocycles. The van der Waals surface area contributed by atoms with E-state index in [4.69, 9.17) is 11.6 Å². The molecule has 0 atom stereocenters. The Hall–Kier alpha value is -1.08. The molecule has 2 heteroatoms. The van der Waals surface area contributed by atoms with Crippen LogP contribution in [0.15, 0.2) is 35.9 Å². The summed E-state index contributed by atoms with van der Waals surface area (Å²) in [6.45, 7) is 3.95. The van der Waals surface area contributed by atoms with Gasteiger partial charge in [0, 0.05) is 5.03 Å². The average Bonchev–Trinajstić information content (AvgIpc) is 2.15. The van der Waals surface area contributed by atoms with Crippen molar-refractivity contribution in [2.45, 2.75) is 19.3 Å². The minimum absolute atomic E-state index is 0.183. The van der Waals surface area contributed by atoms with Crippen LogP contribution in [0, 0.1) is 5.82 Å². The quantitative estimate of drug-likeness (QED) is 0.614. The molecule has 0 nitrogen and oxygen atoms in total. The van der Waals surface area contributed by atoms with Crippen LogP contribution in [0.5, 0.6) is 0 Å². The molecule has 0 bridgehead atoms. The lowest BCUT2D eigenvalue weighted by molar-refractivity contribution is 0.624. The Balaban J connectivity index is 2.48. The van der Waals surface area contributed by atoms with Crippen molar-refractivity contribution in [3.8, 4) is 0 Å². The molecule has 0 radical (unpaired) electrons. The molecule has 78 valence electrons. The van der Waals surface area contributed by atoms with Crippen molar-refractivity contribution in [2.75, 3.05) is 0 Å². The molecular weight excluding hydrogens is 211 g/mol. The van der Waals surface area contributed by atoms with Crippen LogP contribution in [0.2, 0.25) is 0 Å². The fourth-order valence-corrected chi connectivity index (χ4v) is 2.13. The molecule has 0 fully saturated rings. The summed E-state index contributed by atoms with van der Waals surface area (Å²) < 4.78 is 13.1. The van der Waals surface area contributed by atoms with Crippen molar-refractivity contribution >= 4 is 17.2 Å². The Morgan fingerprint density at radius 3 is 2.87 bits per heavy atom. The maximum atomic E-state index is 13.1. The van der Waals surface area contributed by atoms with Crippen molar-refractivity contribution in [3.63, 3.8) is 0 Å². The highest BCUT2D eigenvalue weighted by molar-refractivity contribution is 6.30. The summed E-state index contributed by atoms with van der Waals surface area (Å²) in [5, 5.41) is 0.829. The Kier molecular flexibility index (Phi) is 2.92. The van der Waals surface area contributed by atoms with Crippen LogP contribution >= 0.6 is 11.6 Å². The number of aryl methyl sites for hydroxylation is 1. The molecule has 15 heavy (non-hydrogen) atoms. The molecule has 0 spiro atoms. The third kappa shape index (κ3) is 2.29. The van der Waals surface area contributed by atoms with Gasteiger partial charge in [0.1, 0.15) is 5.82 Å². The molecule has 0 saturated carbocycles. The minimum Gasteiger partial charge on any atom is -0.207 e. The van der Waals surface area contributed by atoms with Crippen molar-refractivity contribution in [2.24, 2.45) is 0 Å². The van der Waals surface area contributed by atoms with Crippen LogP contribution in [-0.4, -0.2) is 0 Å². The summed E-state index contributed by atoms with van der Waals surface area (Å²) in [5.74, 6) is -0.183. The van der Waals surface area contributed by atoms with Gasteiger partial charge in [0.2, 0.25) is 0 Å². The summed E-state index contributed by atoms with van der Waals surface area (Å²) >= 11 is 6.01. The summed E-state index contributed by atoms with van der Waals surface area (Å²) in [6.07, 6.45) is 4.53. The highest BCUT2D eigenvalue weighted by Gasteiger charge is 2.10. The molecular formula is C13H12ClF. The second kappa shape index (κ2) is 4.19. The number of hydrogen-bond acceptors (Lipinski definition) is 0. The van der Waals surface area contributed by atoms with E-state index in [9.17, 15) is 4.39 Å². The Morgan fingerprint density at radius 1 is 1.27 bits per heavy atom. The van der Waals surface area contributed by atoms with E-state index in [0.29, 0.717) is 0 Å². The third-order valence-corrected chi connectivity index (χ3v) is 2.90. The van der Waals surface area contributed by atoms with Crippen LogP contribution in [0.3, 0.4) is 0 Å². The zero-order valence-corrected chi connectivity index (χ0v) is 9.15. The van der Waals surface area contributed by atoms with E-state index in [0.717, 1.165) is 41.0 Å². The predicted molar refractivity (Wildman–Crippen MR) is 62.3 cm³/mol. The zero-order chi connectivity index (χ0) is 10.8. The first-order chi connectivity index (χ1) is 7.16. The molecule has 1 aromatic rings. The first-order valence-corrected chi connectivity index (χ1v) is 5.38. The first-order valence-electron chi connectivity index (χ1n) is 5.00. The average molecular weight is 223 g/mol. The van der Waals surface area contributed by atoms with Gasteiger partial charge in [-0.15, -0.1) is 0 Å². The summed E-state index contributed by atoms with van der Waals surface area (Å²) in [4.78, 5) is 0. The highest BCUT2D eigenvalue weighted by atomic mass is 35.5. The summed E-state index contributed by atoms with van der Waals surface area (Å²) in [6, 6.07) is 4.83. The number of fused-ring (bicyclic) bond motifs is 1. The van der Waals surface area contributed by atoms with Crippen molar-refractivity contribution in [1.82, 2.24) is 0 Å². The van der Waals surface area contributed by atoms with Gasteiger partial charge >= 0.3 is 0 Å². The van der Waals surface area contributed by atoms with Gasteiger partial charge < -0.3 is 0 Å². The first kappa shape index (κ1) is 10.4. The number of rotatable bonds is 0. The van der Waals surface area contributed by atoms with Gasteiger partial charge in [0.05, 0.1) is 0 Å². The van der Waals surface area contributed by atoms with E-state index in [1.165, 1.54) is 6.07 Å². The summed E-state index contributed by atoms with van der Waals surface area (Å²) in [5.41, 5.74) is 2.91. The van der Waals surface area contributed by atoms with E-state index in [-0.39, 0.29) is 5.82 Å². The molecule has 1 aromatic carbocycles. The van der Waals surface area contributed by atoms with Crippen LogP contribution in [0.4, 0.5) is 4.39 Å². The van der Waals surface area contributed by atoms with E-state index in [1.807, 2.05) is 6.08 Å². The van der Waals surface area contributed by atoms with Crippen LogP contribution in [-0.2, 0) is 6.42 Å². The van der Waals surface area contributed by atoms with Gasteiger partial charge in [-0.2, -0.15) is 0 Å². The van der Waals surface area contributed by atoms with Gasteiger partial charge in [-0.25, -0.2) is 4.39 Å². The third-order valence-electron chi connectivity index (χ3n) is 2.61. The normalized spacial score (nSPS) is 19.9. The van der Waals surface area contributed by atoms with Gasteiger partial charge in [0.25, 0.3) is 0 Å². The van der Waals surface area contributed by atoms with Crippen molar-refractivity contribution in [1.29, 1.82) is 0 Å². The molecule has 0 aromatic heterocycles. The van der Waals surface area contributed by atoms with Gasteiger partial charge in [0.15, 0.2) is 0 Å². The fourth-order valence-electron chi connectivity index (χ4n) is 1.87. The second-order valence-corrected chi connectivity index (χ2v) is 4.26. The van der Waals surface area contributed by atoms with E-state index >= 15 is 0 Å². The maximum Gasteiger partial charge on any atom is 0.123 e. The Bertz CT molecular complexity index is 432. The topological polar surface area (TPSA) is 0 Å². The lowest BCUT2D eigenvalue weighted by Crippen LogP contribution is -1.97. The molecule has 0 heterocycles. The lowest BCUT2D eigenvalue weighted by atomic mass is 9.94. The van der Waals surface area contributed by atoms with Gasteiger partial charge in [-0.05, 0) is 54.2 Å². The number of allylic oxidation sites excluding steroid dienone is 3. The highest BCUT2D eigenvalue weighted by Crippen LogP contribution is 2.28. The molecule has 0 amide bonds. The summed E-state index contributed by atoms with van der Waals surface area (Å²) in [7, 11) is 0. The molecule has 2 rings (SSSR count). The smallest absolute Gasteiger partial charge is 0.123 e. The van der Waals surface area contributed by atoms with Crippen molar-refractivity contribution < 1.29 is 4.39 Å². The number of benzene rings is 1. The molecule has 0 N–H and O–H groups in total. The van der Waals surface area contributed by atoms with E-state index in [1.54, 1.807) is 12.1 Å². The minimum atomic E-state index is -0.183. The van der Waals surface area contributed by atoms with Crippen LogP contribution < -0.4 is 0 Å². The van der Waals surface area contributed by atoms with Crippen molar-refractivity contribution in [3.05, 3.63) is 52.8 Å². The Labute approximate surface area is 94.1 Å². The Morgan fingerprint density at radius 2 is 2.07 bits per heavy atom. The molecule has 0 saturated heterocycles. The molecule has 1 aliphatic rings. The van der Waals surface area contributed by atoms with Crippen LogP contribution in [0.1, 0.15) is 24.0 Å². The maximum absolute atomic E-state index is 13.1. The second-order valence-electron chi connectivity index (χ2n) is 3.77. The molecule has 1 aliphatic carbocycles. The fraction of sp³-hybridized carbons (Fsp3) is 0.231. The zero-order valence-electron chi connectivity index (χ0n) is 8.39. The monoisotopic (exact) mass is 222 g/mol. The number of hydrogen-bond donors (Lipinski definition) is 0. The van der Waals surface area contributed by atoms with E-state index in [2.05, 4.69) is 6.58 Å². The van der Waals surface area contributed by atoms with Gasteiger partial charge in [-0.1, -0.05) is 24.2 Å². The predicted octanol–water partition coefficient (Wildman–Crippen LogP) is 4.30. The SMILES string of the molecule is C=C1/C=C(/Cl)CCCc2cc(F)ccc21. The van der Waals surface area contributed by atoms with Crippen LogP contribution in [0.25, 0.3) is 5.57 Å². The van der Waals surface area contributed by atoms with Gasteiger partial charge in [-0.3, -0.25) is 0 Å². The largest absolute Gasteiger partial charge is 0.207 e. The number of halogens is 2.